The van der Waals surface area contributed by atoms with Gasteiger partial charge in [0.1, 0.15) is 5.75 Å². The number of hydrogen-bond donors (Lipinski definition) is 1. The van der Waals surface area contributed by atoms with Gasteiger partial charge in [-0.3, -0.25) is 4.90 Å². The molecule has 0 aliphatic carbocycles. The van der Waals surface area contributed by atoms with Gasteiger partial charge in [0.05, 0.1) is 0 Å². The van der Waals surface area contributed by atoms with Crippen LogP contribution in [-0.2, 0) is 13.0 Å². The maximum Gasteiger partial charge on any atom is 0.123 e. The highest BCUT2D eigenvalue weighted by molar-refractivity contribution is 7.55. The van der Waals surface area contributed by atoms with Crippen LogP contribution in [0.5, 0.6) is 5.75 Å². The van der Waals surface area contributed by atoms with E-state index in [0.29, 0.717) is 14.3 Å². The van der Waals surface area contributed by atoms with Crippen molar-refractivity contribution >= 4 is 19.2 Å². The minimum absolute atomic E-state index is 0.405. The van der Waals surface area contributed by atoms with Gasteiger partial charge in [-0.15, -0.1) is 0 Å². The number of aromatic hydroxyl groups is 1. The molecule has 0 aromatic heterocycles. The largest absolute Gasteiger partial charge is 0.507 e. The van der Waals surface area contributed by atoms with Gasteiger partial charge in [-0.25, -0.2) is 0 Å². The highest BCUT2D eigenvalue weighted by Crippen LogP contribution is 2.23. The van der Waals surface area contributed by atoms with Crippen LogP contribution in [0.25, 0.3) is 0 Å². The third-order valence-corrected chi connectivity index (χ3v) is 6.87. The maximum atomic E-state index is 10.5. The molecule has 1 heterocycles. The number of likely N-dealkylation sites (tertiary alicyclic amines) is 1. The van der Waals surface area contributed by atoms with Crippen LogP contribution in [0.2, 0.25) is 0 Å². The second-order valence-corrected chi connectivity index (χ2v) is 8.96. The Hall–Kier alpha value is -2.15. The van der Waals surface area contributed by atoms with Gasteiger partial charge in [-0.05, 0) is 66.5 Å². The Morgan fingerprint density at radius 3 is 2.32 bits per heavy atom. The molecule has 1 aliphatic rings. The van der Waals surface area contributed by atoms with E-state index in [1.807, 2.05) is 18.2 Å². The number of hydrogen-bond acceptors (Lipinski definition) is 2. The average molecular weight is 389 g/mol. The summed E-state index contributed by atoms with van der Waals surface area (Å²) in [6.07, 6.45) is 4.88. The Morgan fingerprint density at radius 2 is 1.50 bits per heavy atom. The van der Waals surface area contributed by atoms with Crippen LogP contribution in [0, 0.1) is 0 Å². The van der Waals surface area contributed by atoms with Crippen LogP contribution in [0.1, 0.15) is 36.0 Å². The molecular weight excluding hydrogens is 361 g/mol. The number of phenolic OH excluding ortho intramolecular Hbond substituents is 1. The lowest BCUT2D eigenvalue weighted by Crippen LogP contribution is -2.30. The smallest absolute Gasteiger partial charge is 0.123 e. The van der Waals surface area contributed by atoms with E-state index in [9.17, 15) is 5.11 Å². The average Bonchev–Trinajstić information content (AvgIpc) is 2.73. The molecule has 1 atom stereocenters. The Morgan fingerprint density at radius 1 is 0.750 bits per heavy atom. The molecule has 3 aromatic carbocycles. The molecule has 1 N–H and O–H groups in total. The second-order valence-electron chi connectivity index (χ2n) is 7.63. The van der Waals surface area contributed by atoms with Crippen LogP contribution in [0.15, 0.2) is 72.8 Å². The van der Waals surface area contributed by atoms with Crippen molar-refractivity contribution in [1.82, 2.24) is 4.90 Å². The molecule has 0 radical (unpaired) electrons. The summed E-state index contributed by atoms with van der Waals surface area (Å²) in [5.74, 6) is 0.405. The lowest BCUT2D eigenvalue weighted by Gasteiger charge is -2.27. The van der Waals surface area contributed by atoms with E-state index < -0.39 is 0 Å². The fourth-order valence-electron chi connectivity index (χ4n) is 3.91. The summed E-state index contributed by atoms with van der Waals surface area (Å²) < 4.78 is 0. The molecule has 1 unspecified atom stereocenters. The van der Waals surface area contributed by atoms with E-state index in [0.717, 1.165) is 18.3 Å². The summed E-state index contributed by atoms with van der Waals surface area (Å²) >= 11 is 0. The molecule has 1 saturated heterocycles. The molecule has 1 aliphatic heterocycles. The van der Waals surface area contributed by atoms with E-state index in [-0.39, 0.29) is 0 Å². The van der Waals surface area contributed by atoms with Crippen LogP contribution in [-0.4, -0.2) is 23.1 Å². The topological polar surface area (TPSA) is 23.5 Å². The number of piperidine rings is 1. The van der Waals surface area contributed by atoms with Crippen LogP contribution < -0.4 is 10.6 Å². The van der Waals surface area contributed by atoms with Crippen molar-refractivity contribution in [2.24, 2.45) is 0 Å². The van der Waals surface area contributed by atoms with Gasteiger partial charge in [0.25, 0.3) is 0 Å². The summed E-state index contributed by atoms with van der Waals surface area (Å²) in [5, 5.41) is 12.9. The summed E-state index contributed by atoms with van der Waals surface area (Å²) in [5.41, 5.74) is 3.95. The first-order chi connectivity index (χ1) is 13.8. The summed E-state index contributed by atoms with van der Waals surface area (Å²) in [7, 11) is 0.476. The van der Waals surface area contributed by atoms with Gasteiger partial charge in [0.2, 0.25) is 0 Å². The minimum Gasteiger partial charge on any atom is -0.507 e. The van der Waals surface area contributed by atoms with Crippen molar-refractivity contribution in [3.8, 4) is 5.75 Å². The Balaban J connectivity index is 1.53. The van der Waals surface area contributed by atoms with Crippen molar-refractivity contribution < 1.29 is 5.11 Å². The monoisotopic (exact) mass is 389 g/mol. The summed E-state index contributed by atoms with van der Waals surface area (Å²) in [4.78, 5) is 2.57. The lowest BCUT2D eigenvalue weighted by atomic mass is 10.1. The normalized spacial score (nSPS) is 15.3. The standard InChI is InChI=1S/C25H28NOP/c27-23-14-13-21(17-20-9-3-1-4-10-20)18-25(23)28-24-12-6-5-11-22(24)19-26-15-7-2-8-16-26/h1,3-6,9-14,18,27-28H,2,7-8,15-17,19H2. The number of rotatable bonds is 6. The predicted molar refractivity (Wildman–Crippen MR) is 121 cm³/mol. The molecule has 0 bridgehead atoms. The van der Waals surface area contributed by atoms with Gasteiger partial charge in [-0.2, -0.15) is 0 Å². The molecule has 3 aromatic rings. The Kier molecular flexibility index (Phi) is 6.41. The van der Waals surface area contributed by atoms with Gasteiger partial charge in [-0.1, -0.05) is 75.7 Å². The minimum atomic E-state index is 0.405. The van der Waals surface area contributed by atoms with Crippen molar-refractivity contribution in [3.63, 3.8) is 0 Å². The molecule has 0 spiro atoms. The van der Waals surface area contributed by atoms with Crippen molar-refractivity contribution in [2.75, 3.05) is 13.1 Å². The number of nitrogens with zero attached hydrogens (tertiary/aromatic N) is 1. The Labute approximate surface area is 170 Å². The fraction of sp³-hybridized carbons (Fsp3) is 0.280. The fourth-order valence-corrected chi connectivity index (χ4v) is 5.17. The number of phenols is 1. The molecule has 0 saturated carbocycles. The van der Waals surface area contributed by atoms with Crippen molar-refractivity contribution in [2.45, 2.75) is 32.2 Å². The first-order valence-electron chi connectivity index (χ1n) is 10.2. The molecule has 1 fully saturated rings. The van der Waals surface area contributed by atoms with Crippen molar-refractivity contribution in [1.29, 1.82) is 0 Å². The molecule has 3 heteroatoms. The maximum absolute atomic E-state index is 10.5. The first-order valence-corrected chi connectivity index (χ1v) is 11.2. The summed E-state index contributed by atoms with van der Waals surface area (Å²) in [6.45, 7) is 3.43. The lowest BCUT2D eigenvalue weighted by molar-refractivity contribution is 0.221. The molecular formula is C25H28NOP. The van der Waals surface area contributed by atoms with Gasteiger partial charge < -0.3 is 5.11 Å². The van der Waals surface area contributed by atoms with E-state index >= 15 is 0 Å². The molecule has 4 rings (SSSR count). The first kappa shape index (κ1) is 19.2. The van der Waals surface area contributed by atoms with E-state index in [4.69, 9.17) is 0 Å². The quantitative estimate of drug-likeness (QED) is 0.623. The van der Waals surface area contributed by atoms with Crippen LogP contribution >= 0.6 is 8.58 Å². The molecule has 28 heavy (non-hydrogen) atoms. The zero-order valence-corrected chi connectivity index (χ0v) is 17.3. The molecule has 144 valence electrons. The van der Waals surface area contributed by atoms with E-state index in [2.05, 4.69) is 59.5 Å². The third kappa shape index (κ3) is 5.01. The molecule has 2 nitrogen and oxygen atoms in total. The zero-order valence-electron chi connectivity index (χ0n) is 16.3. The van der Waals surface area contributed by atoms with Gasteiger partial charge >= 0.3 is 0 Å². The second kappa shape index (κ2) is 9.37. The van der Waals surface area contributed by atoms with Gasteiger partial charge in [0, 0.05) is 11.8 Å². The van der Waals surface area contributed by atoms with Crippen LogP contribution in [0.3, 0.4) is 0 Å². The SMILES string of the molecule is Oc1ccc(Cc2ccccc2)cc1Pc1ccccc1CN1CCCCC1. The Bertz CT molecular complexity index is 903. The van der Waals surface area contributed by atoms with E-state index in [1.54, 1.807) is 0 Å². The van der Waals surface area contributed by atoms with Crippen LogP contribution in [0.4, 0.5) is 0 Å². The zero-order chi connectivity index (χ0) is 19.2. The van der Waals surface area contributed by atoms with Gasteiger partial charge in [0.15, 0.2) is 0 Å². The van der Waals surface area contributed by atoms with E-state index in [1.165, 1.54) is 54.3 Å². The molecule has 0 amide bonds. The number of benzene rings is 3. The highest BCUT2D eigenvalue weighted by Gasteiger charge is 2.13. The summed E-state index contributed by atoms with van der Waals surface area (Å²) in [6, 6.07) is 25.3. The third-order valence-electron chi connectivity index (χ3n) is 5.44. The predicted octanol–water partition coefficient (Wildman–Crippen LogP) is 4.60. The van der Waals surface area contributed by atoms with Crippen molar-refractivity contribution in [3.05, 3.63) is 89.5 Å². The highest BCUT2D eigenvalue weighted by atomic mass is 31.1.